The zero-order chi connectivity index (χ0) is 24.7. The zero-order valence-electron chi connectivity index (χ0n) is 19.2. The highest BCUT2D eigenvalue weighted by Gasteiger charge is 2.15. The highest BCUT2D eigenvalue weighted by Crippen LogP contribution is 2.26. The third-order valence-electron chi connectivity index (χ3n) is 4.81. The van der Waals surface area contributed by atoms with E-state index in [2.05, 4.69) is 40.4 Å². The number of ether oxygens (including phenoxy) is 1. The molecule has 8 heteroatoms. The van der Waals surface area contributed by atoms with Crippen molar-refractivity contribution in [2.24, 2.45) is 5.92 Å². The maximum atomic E-state index is 12.9. The van der Waals surface area contributed by atoms with Gasteiger partial charge in [0.25, 0.3) is 11.8 Å². The Hall–Kier alpha value is -3.23. The molecule has 3 aromatic carbocycles. The van der Waals surface area contributed by atoms with Crippen molar-refractivity contribution in [3.8, 4) is 5.75 Å². The molecule has 2 amide bonds. The SMILES string of the molecule is CC(C)COc1ccc(C(=O)NC(=S)Nc2cccc(C(=O)N(C)c3ccccc3)c2)cc1Br. The highest BCUT2D eigenvalue weighted by molar-refractivity contribution is 9.10. The van der Waals surface area contributed by atoms with E-state index in [1.807, 2.05) is 30.3 Å². The van der Waals surface area contributed by atoms with Crippen LogP contribution in [0.1, 0.15) is 34.6 Å². The van der Waals surface area contributed by atoms with Gasteiger partial charge in [0.15, 0.2) is 5.11 Å². The van der Waals surface area contributed by atoms with E-state index in [1.54, 1.807) is 54.4 Å². The molecule has 0 spiro atoms. The Labute approximate surface area is 213 Å². The predicted molar refractivity (Wildman–Crippen MR) is 144 cm³/mol. The number of carbonyl (C=O) groups is 2. The van der Waals surface area contributed by atoms with Gasteiger partial charge in [-0.1, -0.05) is 38.1 Å². The average Bonchev–Trinajstić information content (AvgIpc) is 2.82. The standard InChI is InChI=1S/C26H26BrN3O3S/c1-17(2)16-33-23-13-12-18(15-22(23)27)24(31)29-26(34)28-20-9-7-8-19(14-20)25(32)30(3)21-10-5-4-6-11-21/h4-15,17H,16H2,1-3H3,(H2,28,29,31,34). The smallest absolute Gasteiger partial charge is 0.258 e. The van der Waals surface area contributed by atoms with Gasteiger partial charge < -0.3 is 15.0 Å². The van der Waals surface area contributed by atoms with Crippen molar-refractivity contribution in [1.82, 2.24) is 5.32 Å². The number of para-hydroxylation sites is 1. The number of benzene rings is 3. The molecule has 0 saturated heterocycles. The predicted octanol–water partition coefficient (Wildman–Crippen LogP) is 5.89. The molecular weight excluding hydrogens is 514 g/mol. The number of thiocarbonyl (C=S) groups is 1. The van der Waals surface area contributed by atoms with Crippen LogP contribution >= 0.6 is 28.1 Å². The maximum Gasteiger partial charge on any atom is 0.258 e. The average molecular weight is 540 g/mol. The molecule has 0 aliphatic rings. The summed E-state index contributed by atoms with van der Waals surface area (Å²) in [6, 6.07) is 21.5. The van der Waals surface area contributed by atoms with Gasteiger partial charge in [0, 0.05) is 29.5 Å². The monoisotopic (exact) mass is 539 g/mol. The summed E-state index contributed by atoms with van der Waals surface area (Å²) in [6.07, 6.45) is 0. The first-order valence-corrected chi connectivity index (χ1v) is 11.9. The van der Waals surface area contributed by atoms with Crippen molar-refractivity contribution < 1.29 is 14.3 Å². The van der Waals surface area contributed by atoms with Gasteiger partial charge in [-0.05, 0) is 82.6 Å². The summed E-state index contributed by atoms with van der Waals surface area (Å²) >= 11 is 8.75. The molecule has 34 heavy (non-hydrogen) atoms. The van der Waals surface area contributed by atoms with E-state index in [1.165, 1.54) is 0 Å². The van der Waals surface area contributed by atoms with Gasteiger partial charge in [-0.25, -0.2) is 0 Å². The van der Waals surface area contributed by atoms with E-state index in [-0.39, 0.29) is 16.9 Å². The summed E-state index contributed by atoms with van der Waals surface area (Å²) in [4.78, 5) is 27.1. The number of hydrogen-bond donors (Lipinski definition) is 2. The molecule has 0 fully saturated rings. The molecule has 0 unspecified atom stereocenters. The Morgan fingerprint density at radius 1 is 1.00 bits per heavy atom. The number of anilines is 2. The van der Waals surface area contributed by atoms with Crippen LogP contribution < -0.4 is 20.3 Å². The minimum atomic E-state index is -0.357. The van der Waals surface area contributed by atoms with E-state index in [4.69, 9.17) is 17.0 Å². The quantitative estimate of drug-likeness (QED) is 0.366. The molecule has 0 saturated carbocycles. The summed E-state index contributed by atoms with van der Waals surface area (Å²) in [5.74, 6) is 0.554. The molecule has 0 heterocycles. The lowest BCUT2D eigenvalue weighted by Gasteiger charge is -2.18. The zero-order valence-corrected chi connectivity index (χ0v) is 21.6. The lowest BCUT2D eigenvalue weighted by molar-refractivity contribution is 0.0974. The van der Waals surface area contributed by atoms with Crippen LogP contribution in [0.25, 0.3) is 0 Å². The van der Waals surface area contributed by atoms with Gasteiger partial charge in [-0.15, -0.1) is 0 Å². The van der Waals surface area contributed by atoms with Crippen LogP contribution in [0.2, 0.25) is 0 Å². The van der Waals surface area contributed by atoms with Gasteiger partial charge in [0.1, 0.15) is 5.75 Å². The van der Waals surface area contributed by atoms with Crippen molar-refractivity contribution in [2.75, 3.05) is 23.9 Å². The first-order valence-electron chi connectivity index (χ1n) is 10.7. The molecule has 0 bridgehead atoms. The van der Waals surface area contributed by atoms with Crippen LogP contribution in [-0.4, -0.2) is 30.6 Å². The van der Waals surface area contributed by atoms with Gasteiger partial charge in [0.2, 0.25) is 0 Å². The second kappa shape index (κ2) is 11.8. The maximum absolute atomic E-state index is 12.9. The van der Waals surface area contributed by atoms with Crippen LogP contribution in [0.15, 0.2) is 77.3 Å². The highest BCUT2D eigenvalue weighted by atomic mass is 79.9. The van der Waals surface area contributed by atoms with Crippen molar-refractivity contribution in [2.45, 2.75) is 13.8 Å². The molecule has 0 radical (unpaired) electrons. The minimum absolute atomic E-state index is 0.127. The Balaban J connectivity index is 1.62. The van der Waals surface area contributed by atoms with Gasteiger partial charge in [-0.3, -0.25) is 14.9 Å². The van der Waals surface area contributed by atoms with E-state index in [0.717, 1.165) is 5.69 Å². The third kappa shape index (κ3) is 6.88. The van der Waals surface area contributed by atoms with Crippen molar-refractivity contribution >= 4 is 56.4 Å². The summed E-state index contributed by atoms with van der Waals surface area (Å²) in [5, 5.41) is 5.76. The summed E-state index contributed by atoms with van der Waals surface area (Å²) in [6.45, 7) is 4.72. The van der Waals surface area contributed by atoms with Crippen molar-refractivity contribution in [3.05, 3.63) is 88.4 Å². The summed E-state index contributed by atoms with van der Waals surface area (Å²) in [5.41, 5.74) is 2.31. The lowest BCUT2D eigenvalue weighted by atomic mass is 10.1. The molecule has 6 nitrogen and oxygen atoms in total. The van der Waals surface area contributed by atoms with Gasteiger partial charge >= 0.3 is 0 Å². The van der Waals surface area contributed by atoms with Crippen LogP contribution in [0.4, 0.5) is 11.4 Å². The van der Waals surface area contributed by atoms with E-state index >= 15 is 0 Å². The van der Waals surface area contributed by atoms with Crippen molar-refractivity contribution in [3.63, 3.8) is 0 Å². The second-order valence-corrected chi connectivity index (χ2v) is 9.30. The summed E-state index contributed by atoms with van der Waals surface area (Å²) in [7, 11) is 1.72. The fraction of sp³-hybridized carbons (Fsp3) is 0.192. The molecule has 176 valence electrons. The Bertz CT molecular complexity index is 1180. The number of halogens is 1. The molecule has 0 atom stereocenters. The Morgan fingerprint density at radius 3 is 2.41 bits per heavy atom. The number of carbonyl (C=O) groups excluding carboxylic acids is 2. The normalized spacial score (nSPS) is 10.5. The first-order chi connectivity index (χ1) is 16.2. The Kier molecular flexibility index (Phi) is 8.79. The second-order valence-electron chi connectivity index (χ2n) is 8.04. The molecule has 0 aliphatic heterocycles. The van der Waals surface area contributed by atoms with Crippen LogP contribution in [-0.2, 0) is 0 Å². The van der Waals surface area contributed by atoms with Gasteiger partial charge in [0.05, 0.1) is 11.1 Å². The molecule has 2 N–H and O–H groups in total. The summed E-state index contributed by atoms with van der Waals surface area (Å²) < 4.78 is 6.41. The molecule has 0 aliphatic carbocycles. The molecule has 3 rings (SSSR count). The number of hydrogen-bond acceptors (Lipinski definition) is 4. The fourth-order valence-electron chi connectivity index (χ4n) is 3.05. The van der Waals surface area contributed by atoms with E-state index < -0.39 is 0 Å². The van der Waals surface area contributed by atoms with Crippen LogP contribution in [0.3, 0.4) is 0 Å². The largest absolute Gasteiger partial charge is 0.492 e. The van der Waals surface area contributed by atoms with Crippen LogP contribution in [0, 0.1) is 5.92 Å². The molecule has 0 aromatic heterocycles. The number of nitrogens with one attached hydrogen (secondary N) is 2. The number of nitrogens with zero attached hydrogens (tertiary/aromatic N) is 1. The fourth-order valence-corrected chi connectivity index (χ4v) is 3.75. The lowest BCUT2D eigenvalue weighted by Crippen LogP contribution is -2.34. The minimum Gasteiger partial charge on any atom is -0.492 e. The number of rotatable bonds is 7. The van der Waals surface area contributed by atoms with E-state index in [0.29, 0.717) is 39.6 Å². The molecule has 3 aromatic rings. The Morgan fingerprint density at radius 2 is 1.74 bits per heavy atom. The molecular formula is C26H26BrN3O3S. The third-order valence-corrected chi connectivity index (χ3v) is 5.63. The van der Waals surface area contributed by atoms with Crippen molar-refractivity contribution in [1.29, 1.82) is 0 Å². The van der Waals surface area contributed by atoms with Crippen LogP contribution in [0.5, 0.6) is 5.75 Å². The van der Waals surface area contributed by atoms with E-state index in [9.17, 15) is 9.59 Å². The van der Waals surface area contributed by atoms with Gasteiger partial charge in [-0.2, -0.15) is 0 Å². The first kappa shape index (κ1) is 25.4. The number of amides is 2. The topological polar surface area (TPSA) is 70.7 Å².